The van der Waals surface area contributed by atoms with E-state index in [1.165, 1.54) is 4.57 Å². The number of rotatable bonds is 4. The number of hydrogen-bond acceptors (Lipinski definition) is 5. The van der Waals surface area contributed by atoms with Crippen LogP contribution in [-0.2, 0) is 11.3 Å². The van der Waals surface area contributed by atoms with Gasteiger partial charge in [0, 0.05) is 0 Å². The topological polar surface area (TPSA) is 102 Å². The van der Waals surface area contributed by atoms with Gasteiger partial charge in [-0.15, -0.1) is 0 Å². The number of H-pyrrole nitrogens is 1. The van der Waals surface area contributed by atoms with E-state index in [4.69, 9.17) is 9.47 Å². The molecule has 0 fully saturated rings. The minimum atomic E-state index is -0.620. The van der Waals surface area contributed by atoms with Crippen molar-refractivity contribution < 1.29 is 14.3 Å². The van der Waals surface area contributed by atoms with E-state index in [0.717, 1.165) is 5.56 Å². The highest BCUT2D eigenvalue weighted by atomic mass is 16.6. The molecule has 1 aromatic heterocycles. The normalized spacial score (nSPS) is 13.9. The lowest BCUT2D eigenvalue weighted by Crippen LogP contribution is -2.37. The van der Waals surface area contributed by atoms with Crippen LogP contribution in [0.4, 0.5) is 0 Å². The van der Waals surface area contributed by atoms with Gasteiger partial charge in [-0.1, -0.05) is 18.2 Å². The molecule has 1 atom stereocenters. The number of fused-ring (bicyclic) bond motifs is 2. The van der Waals surface area contributed by atoms with E-state index in [1.807, 2.05) is 25.1 Å². The van der Waals surface area contributed by atoms with Crippen molar-refractivity contribution in [1.29, 1.82) is 0 Å². The molecule has 1 aliphatic rings. The third kappa shape index (κ3) is 3.36. The number of aromatic nitrogens is 2. The standard InChI is InChI=1S/C20H19N3O5/c1-12(13-6-7-16-17(10-13)28-9-8-27-16)21-18(24)11-23-15-5-3-2-4-14(15)19(25)22-20(23)26/h2-7,10,12H,8-9,11H2,1H3,(H,21,24)(H,22,25,26). The Morgan fingerprint density at radius 1 is 1.14 bits per heavy atom. The molecule has 0 radical (unpaired) electrons. The molecule has 0 bridgehead atoms. The molecule has 0 aliphatic carbocycles. The van der Waals surface area contributed by atoms with Crippen molar-refractivity contribution in [3.8, 4) is 11.5 Å². The summed E-state index contributed by atoms with van der Waals surface area (Å²) in [5.41, 5.74) is 0.183. The molecule has 2 heterocycles. The molecule has 3 aromatic rings. The molecule has 28 heavy (non-hydrogen) atoms. The first-order valence-electron chi connectivity index (χ1n) is 8.94. The number of carbonyl (C=O) groups excluding carboxylic acids is 1. The highest BCUT2D eigenvalue weighted by molar-refractivity contribution is 5.81. The van der Waals surface area contributed by atoms with Crippen LogP contribution in [0.1, 0.15) is 18.5 Å². The van der Waals surface area contributed by atoms with Crippen LogP contribution in [0.25, 0.3) is 10.9 Å². The minimum absolute atomic E-state index is 0.203. The molecule has 0 saturated carbocycles. The lowest BCUT2D eigenvalue weighted by Gasteiger charge is -2.21. The maximum Gasteiger partial charge on any atom is 0.329 e. The van der Waals surface area contributed by atoms with Crippen LogP contribution in [0.15, 0.2) is 52.1 Å². The predicted octanol–water partition coefficient (Wildman–Crippen LogP) is 1.34. The second-order valence-corrected chi connectivity index (χ2v) is 6.55. The Bertz CT molecular complexity index is 1160. The van der Waals surface area contributed by atoms with Crippen LogP contribution >= 0.6 is 0 Å². The maximum atomic E-state index is 12.5. The molecule has 2 N–H and O–H groups in total. The van der Waals surface area contributed by atoms with E-state index in [9.17, 15) is 14.4 Å². The largest absolute Gasteiger partial charge is 0.486 e. The Morgan fingerprint density at radius 3 is 2.71 bits per heavy atom. The lowest BCUT2D eigenvalue weighted by molar-refractivity contribution is -0.122. The van der Waals surface area contributed by atoms with Gasteiger partial charge in [0.05, 0.1) is 16.9 Å². The Hall–Kier alpha value is -3.55. The van der Waals surface area contributed by atoms with Crippen LogP contribution in [0, 0.1) is 0 Å². The van der Waals surface area contributed by atoms with Crippen molar-refractivity contribution in [2.75, 3.05) is 13.2 Å². The summed E-state index contributed by atoms with van der Waals surface area (Å²) in [7, 11) is 0. The Kier molecular flexibility index (Phi) is 4.60. The van der Waals surface area contributed by atoms with Crippen molar-refractivity contribution in [2.45, 2.75) is 19.5 Å². The third-order valence-corrected chi connectivity index (χ3v) is 4.65. The van der Waals surface area contributed by atoms with Gasteiger partial charge >= 0.3 is 5.69 Å². The van der Waals surface area contributed by atoms with Crippen molar-refractivity contribution in [3.05, 3.63) is 68.9 Å². The highest BCUT2D eigenvalue weighted by Crippen LogP contribution is 2.32. The van der Waals surface area contributed by atoms with Crippen molar-refractivity contribution in [2.24, 2.45) is 0 Å². The number of amides is 1. The van der Waals surface area contributed by atoms with Gasteiger partial charge in [-0.2, -0.15) is 0 Å². The zero-order valence-corrected chi connectivity index (χ0v) is 15.2. The fourth-order valence-corrected chi connectivity index (χ4v) is 3.24. The average molecular weight is 381 g/mol. The van der Waals surface area contributed by atoms with Crippen LogP contribution in [0.2, 0.25) is 0 Å². The van der Waals surface area contributed by atoms with Gasteiger partial charge in [-0.25, -0.2) is 4.79 Å². The highest BCUT2D eigenvalue weighted by Gasteiger charge is 2.17. The number of nitrogens with zero attached hydrogens (tertiary/aromatic N) is 1. The summed E-state index contributed by atoms with van der Waals surface area (Å²) in [6, 6.07) is 11.9. The van der Waals surface area contributed by atoms with E-state index in [1.54, 1.807) is 24.3 Å². The van der Waals surface area contributed by atoms with Gasteiger partial charge in [-0.05, 0) is 36.8 Å². The summed E-state index contributed by atoms with van der Waals surface area (Å²) in [6.07, 6.45) is 0. The Morgan fingerprint density at radius 2 is 1.89 bits per heavy atom. The first-order chi connectivity index (χ1) is 13.5. The van der Waals surface area contributed by atoms with Gasteiger partial charge < -0.3 is 14.8 Å². The molecular weight excluding hydrogens is 362 g/mol. The third-order valence-electron chi connectivity index (χ3n) is 4.65. The molecule has 0 spiro atoms. The van der Waals surface area contributed by atoms with Gasteiger partial charge in [-0.3, -0.25) is 19.1 Å². The van der Waals surface area contributed by atoms with Gasteiger partial charge in [0.25, 0.3) is 5.56 Å². The zero-order chi connectivity index (χ0) is 19.7. The van der Waals surface area contributed by atoms with E-state index < -0.39 is 11.2 Å². The van der Waals surface area contributed by atoms with Gasteiger partial charge in [0.15, 0.2) is 11.5 Å². The summed E-state index contributed by atoms with van der Waals surface area (Å²) in [6.45, 7) is 2.64. The monoisotopic (exact) mass is 381 g/mol. The first-order valence-corrected chi connectivity index (χ1v) is 8.94. The van der Waals surface area contributed by atoms with Gasteiger partial charge in [0.1, 0.15) is 19.8 Å². The molecule has 1 unspecified atom stereocenters. The number of hydrogen-bond donors (Lipinski definition) is 2. The SMILES string of the molecule is CC(NC(=O)Cn1c(=O)[nH]c(=O)c2ccccc21)c1ccc2c(c1)OCCO2. The number of aromatic amines is 1. The van der Waals surface area contributed by atoms with E-state index in [-0.39, 0.29) is 18.5 Å². The number of nitrogens with one attached hydrogen (secondary N) is 2. The zero-order valence-electron chi connectivity index (χ0n) is 15.2. The maximum absolute atomic E-state index is 12.5. The Balaban J connectivity index is 1.54. The number of ether oxygens (including phenoxy) is 2. The van der Waals surface area contributed by atoms with Crippen LogP contribution in [0.5, 0.6) is 11.5 Å². The minimum Gasteiger partial charge on any atom is -0.486 e. The van der Waals surface area contributed by atoms with E-state index >= 15 is 0 Å². The summed E-state index contributed by atoms with van der Waals surface area (Å²) < 4.78 is 12.3. The predicted molar refractivity (Wildman–Crippen MR) is 103 cm³/mol. The molecule has 2 aromatic carbocycles. The summed E-state index contributed by atoms with van der Waals surface area (Å²) in [5.74, 6) is 0.981. The van der Waals surface area contributed by atoms with E-state index in [2.05, 4.69) is 10.3 Å². The van der Waals surface area contributed by atoms with Crippen molar-refractivity contribution in [1.82, 2.24) is 14.9 Å². The first kappa shape index (κ1) is 17.8. The molecule has 0 saturated heterocycles. The molecule has 8 heteroatoms. The molecule has 4 rings (SSSR count). The molecular formula is C20H19N3O5. The molecule has 144 valence electrons. The average Bonchev–Trinajstić information content (AvgIpc) is 2.70. The summed E-state index contributed by atoms with van der Waals surface area (Å²) in [5, 5.41) is 3.23. The van der Waals surface area contributed by atoms with Crippen LogP contribution < -0.4 is 26.0 Å². The van der Waals surface area contributed by atoms with Crippen molar-refractivity contribution in [3.63, 3.8) is 0 Å². The molecule has 1 aliphatic heterocycles. The molecule has 1 amide bonds. The second kappa shape index (κ2) is 7.22. The summed E-state index contributed by atoms with van der Waals surface area (Å²) in [4.78, 5) is 38.9. The smallest absolute Gasteiger partial charge is 0.329 e. The quantitative estimate of drug-likeness (QED) is 0.710. The lowest BCUT2D eigenvalue weighted by atomic mass is 10.1. The number of carbonyl (C=O) groups is 1. The van der Waals surface area contributed by atoms with Crippen LogP contribution in [-0.4, -0.2) is 28.7 Å². The van der Waals surface area contributed by atoms with Crippen molar-refractivity contribution >= 4 is 16.8 Å². The second-order valence-electron chi connectivity index (χ2n) is 6.55. The Labute approximate surface area is 159 Å². The molecule has 8 nitrogen and oxygen atoms in total. The fourth-order valence-electron chi connectivity index (χ4n) is 3.24. The fraction of sp³-hybridized carbons (Fsp3) is 0.250. The number of para-hydroxylation sites is 1. The van der Waals surface area contributed by atoms with Gasteiger partial charge in [0.2, 0.25) is 5.91 Å². The van der Waals surface area contributed by atoms with E-state index in [0.29, 0.717) is 35.6 Å². The van der Waals surface area contributed by atoms with Crippen LogP contribution in [0.3, 0.4) is 0 Å². The number of benzene rings is 2. The summed E-state index contributed by atoms with van der Waals surface area (Å²) >= 11 is 0.